The molecule has 79 heavy (non-hydrogen) atoms. The number of benzene rings is 4. The maximum atomic E-state index is 13.8. The van der Waals surface area contributed by atoms with Crippen LogP contribution in [0.2, 0.25) is 0 Å². The summed E-state index contributed by atoms with van der Waals surface area (Å²) < 4.78 is 89.1. The predicted molar refractivity (Wildman–Crippen MR) is 290 cm³/mol. The van der Waals surface area contributed by atoms with Crippen molar-refractivity contribution in [3.05, 3.63) is 130 Å². The zero-order valence-corrected chi connectivity index (χ0v) is 46.5. The first-order chi connectivity index (χ1) is 37.6. The number of carbonyl (C=O) groups is 3. The fourth-order valence-corrected chi connectivity index (χ4v) is 11.7. The molecule has 6 N–H and O–H groups in total. The number of anilines is 1. The van der Waals surface area contributed by atoms with Gasteiger partial charge in [-0.2, -0.15) is 8.61 Å². The molecule has 4 aromatic rings. The number of non-ortho nitro benzene ring substituents is 1. The van der Waals surface area contributed by atoms with Gasteiger partial charge in [0.05, 0.1) is 78.9 Å². The number of nitrogens with one attached hydrogen (secondary N) is 2. The van der Waals surface area contributed by atoms with Crippen LogP contribution in [0.4, 0.5) is 21.0 Å². The van der Waals surface area contributed by atoms with E-state index in [1.54, 1.807) is 0 Å². The van der Waals surface area contributed by atoms with Gasteiger partial charge in [-0.3, -0.25) is 14.9 Å². The van der Waals surface area contributed by atoms with Crippen LogP contribution in [-0.4, -0.2) is 161 Å². The van der Waals surface area contributed by atoms with Gasteiger partial charge >= 0.3 is 18.2 Å². The summed E-state index contributed by atoms with van der Waals surface area (Å²) in [5.74, 6) is -0.830. The monoisotopic (exact) mass is 1140 g/mol. The summed E-state index contributed by atoms with van der Waals surface area (Å²) in [5.41, 5.74) is 7.63. The molecule has 6 rings (SSSR count). The van der Waals surface area contributed by atoms with Crippen molar-refractivity contribution in [1.82, 2.24) is 19.2 Å². The maximum absolute atomic E-state index is 13.8. The maximum Gasteiger partial charge on any atom is 0.407 e. The van der Waals surface area contributed by atoms with Crippen LogP contribution < -0.4 is 16.4 Å². The van der Waals surface area contributed by atoms with Gasteiger partial charge in [-0.1, -0.05) is 88.4 Å². The molecule has 2 saturated heterocycles. The molecular weight excluding hydrogens is 1070 g/mol. The van der Waals surface area contributed by atoms with Crippen molar-refractivity contribution in [2.75, 3.05) is 71.7 Å². The number of aliphatic hydroxyl groups excluding tert-OH is 2. The highest BCUT2D eigenvalue weighted by Crippen LogP contribution is 2.24. The van der Waals surface area contributed by atoms with E-state index in [0.717, 1.165) is 27.6 Å². The van der Waals surface area contributed by atoms with Crippen molar-refractivity contribution in [1.29, 1.82) is 0 Å². The molecule has 0 saturated carbocycles. The quantitative estimate of drug-likeness (QED) is 0.00946. The van der Waals surface area contributed by atoms with E-state index in [0.29, 0.717) is 38.3 Å². The van der Waals surface area contributed by atoms with Crippen LogP contribution in [0.25, 0.3) is 0 Å². The van der Waals surface area contributed by atoms with E-state index in [2.05, 4.69) is 10.6 Å². The summed E-state index contributed by atoms with van der Waals surface area (Å²) in [6.45, 7) is 7.99. The number of carbonyl (C=O) groups excluding carboxylic acids is 3. The SMILES string of the molecule is CC(C)CN(C[C@@H](O)[C@H](Cc1ccccc1)NC(=O)O[C@H]1CCOC1)S(=O)(=O)c1ccc([N+](=O)[O-])cc1.CC(C)CN(C[C@@H](OC(=O)CCOCO)[C@H](Cc1ccccc1)NC(=O)O[C@H]1CCOC1)S(=O)(=O)c1ccc(N)cc1. The minimum atomic E-state index is -4.10. The van der Waals surface area contributed by atoms with Gasteiger partial charge in [-0.05, 0) is 72.2 Å². The zero-order chi connectivity index (χ0) is 57.5. The lowest BCUT2D eigenvalue weighted by atomic mass is 10.0. The van der Waals surface area contributed by atoms with Crippen molar-refractivity contribution >= 4 is 49.6 Å². The van der Waals surface area contributed by atoms with Crippen LogP contribution in [0.3, 0.4) is 0 Å². The average molecular weight is 1140 g/mol. The number of esters is 1. The van der Waals surface area contributed by atoms with Gasteiger partial charge < -0.3 is 55.0 Å². The second kappa shape index (κ2) is 31.5. The second-order valence-corrected chi connectivity index (χ2v) is 23.7. The smallest absolute Gasteiger partial charge is 0.407 e. The third kappa shape index (κ3) is 21.0. The molecule has 434 valence electrons. The fraction of sp³-hybridized carbons (Fsp3) is 0.500. The number of nitro groups is 1. The van der Waals surface area contributed by atoms with Crippen LogP contribution in [0.1, 0.15) is 58.1 Å². The largest absolute Gasteiger partial charge is 0.459 e. The van der Waals surface area contributed by atoms with E-state index >= 15 is 0 Å². The summed E-state index contributed by atoms with van der Waals surface area (Å²) in [7, 11) is -8.15. The fourth-order valence-electron chi connectivity index (χ4n) is 8.44. The third-order valence-corrected chi connectivity index (χ3v) is 16.1. The highest BCUT2D eigenvalue weighted by molar-refractivity contribution is 7.89. The minimum absolute atomic E-state index is 0.0342. The molecule has 6 atom stereocenters. The number of alkyl carbamates (subject to hydrolysis) is 2. The Bertz CT molecular complexity index is 2730. The number of aliphatic hydroxyl groups is 2. The van der Waals surface area contributed by atoms with Crippen LogP contribution in [0, 0.1) is 22.0 Å². The van der Waals surface area contributed by atoms with Crippen LogP contribution >= 0.6 is 0 Å². The van der Waals surface area contributed by atoms with Crippen molar-refractivity contribution in [2.24, 2.45) is 11.8 Å². The van der Waals surface area contributed by atoms with Crippen LogP contribution in [0.5, 0.6) is 0 Å². The Morgan fingerprint density at radius 3 is 1.59 bits per heavy atom. The summed E-state index contributed by atoms with van der Waals surface area (Å²) in [6, 6.07) is 27.2. The number of hydrogen-bond donors (Lipinski definition) is 5. The summed E-state index contributed by atoms with van der Waals surface area (Å²) in [5, 5.41) is 36.6. The lowest BCUT2D eigenvalue weighted by Crippen LogP contribution is -2.53. The number of sulfonamides is 2. The van der Waals surface area contributed by atoms with Gasteiger partial charge in [0.25, 0.3) is 5.69 Å². The predicted octanol–water partition coefficient (Wildman–Crippen LogP) is 5.04. The third-order valence-electron chi connectivity index (χ3n) is 12.4. The van der Waals surface area contributed by atoms with Crippen LogP contribution in [0.15, 0.2) is 119 Å². The van der Waals surface area contributed by atoms with E-state index in [-0.39, 0.29) is 92.1 Å². The summed E-state index contributed by atoms with van der Waals surface area (Å²) in [4.78, 5) is 48.7. The summed E-state index contributed by atoms with van der Waals surface area (Å²) >= 11 is 0. The highest BCUT2D eigenvalue weighted by atomic mass is 32.2. The lowest BCUT2D eigenvalue weighted by Gasteiger charge is -2.33. The number of nitrogens with zero attached hydrogens (tertiary/aromatic N) is 3. The molecule has 0 radical (unpaired) electrons. The standard InChI is InChI=1S/C29H41N3O9S.C25H33N3O8S/c1-21(2)17-32(42(36,37)25-10-8-23(30)9-11-25)18-27(41-28(34)13-15-39-20-33)26(16-22-6-4-3-5-7-22)31-29(35)40-24-12-14-38-19-24;1-18(2)15-27(37(33,34)22-10-8-20(9-11-22)28(31)32)16-24(29)23(14-19-6-4-3-5-7-19)26-25(30)36-21-12-13-35-17-21/h3-11,21,24,26-27,33H,12-20,30H2,1-2H3,(H,31,35);3-11,18,21,23-24,29H,12-17H2,1-2H3,(H,26,30)/t24-,26-,27+;21-,23-,24+/m00/s1. The van der Waals surface area contributed by atoms with Gasteiger partial charge in [-0.25, -0.2) is 26.4 Å². The first-order valence-electron chi connectivity index (χ1n) is 26.0. The van der Waals surface area contributed by atoms with Crippen LogP contribution in [-0.2, 0) is 66.1 Å². The normalized spacial score (nSPS) is 17.1. The zero-order valence-electron chi connectivity index (χ0n) is 44.9. The molecule has 2 aliphatic rings. The Morgan fingerprint density at radius 1 is 0.696 bits per heavy atom. The van der Waals surface area contributed by atoms with E-state index in [4.69, 9.17) is 39.3 Å². The Morgan fingerprint density at radius 2 is 1.15 bits per heavy atom. The number of nitrogens with two attached hydrogens (primary N) is 1. The van der Waals surface area contributed by atoms with E-state index in [1.807, 2.05) is 88.4 Å². The van der Waals surface area contributed by atoms with Gasteiger partial charge in [-0.15, -0.1) is 0 Å². The molecule has 23 nitrogen and oxygen atoms in total. The molecule has 0 spiro atoms. The molecule has 0 bridgehead atoms. The molecule has 25 heteroatoms. The van der Waals surface area contributed by atoms with Crippen molar-refractivity contribution < 1.29 is 74.8 Å². The molecule has 0 aromatic heterocycles. The molecule has 4 aromatic carbocycles. The van der Waals surface area contributed by atoms with Gasteiger partial charge in [0.1, 0.15) is 25.1 Å². The Labute approximate surface area is 461 Å². The van der Waals surface area contributed by atoms with Crippen molar-refractivity contribution in [3.8, 4) is 0 Å². The molecule has 0 aliphatic carbocycles. The lowest BCUT2D eigenvalue weighted by molar-refractivity contribution is -0.384. The minimum Gasteiger partial charge on any atom is -0.459 e. The molecule has 2 amide bonds. The van der Waals surface area contributed by atoms with Gasteiger partial charge in [0, 0.05) is 50.3 Å². The Hall–Kier alpha value is -6.29. The first kappa shape index (κ1) is 63.5. The number of nitro benzene ring substituents is 1. The first-order valence-corrected chi connectivity index (χ1v) is 28.9. The summed E-state index contributed by atoms with van der Waals surface area (Å²) in [6.07, 6.45) is -3.22. The second-order valence-electron chi connectivity index (χ2n) is 19.8. The number of amides is 2. The van der Waals surface area contributed by atoms with E-state index < -0.39 is 80.3 Å². The molecule has 2 heterocycles. The molecular formula is C54H74N6O17S2. The Kier molecular flexibility index (Phi) is 25.3. The van der Waals surface area contributed by atoms with E-state index in [1.165, 1.54) is 40.7 Å². The number of nitrogen functional groups attached to an aromatic ring is 1. The number of rotatable bonds is 28. The molecule has 2 fully saturated rings. The van der Waals surface area contributed by atoms with Crippen molar-refractivity contribution in [2.45, 2.75) is 106 Å². The Balaban J connectivity index is 0.000000293. The topological polar surface area (TPSA) is 315 Å². The van der Waals surface area contributed by atoms with E-state index in [9.17, 15) is 46.4 Å². The molecule has 0 unspecified atom stereocenters. The van der Waals surface area contributed by atoms with Crippen molar-refractivity contribution in [3.63, 3.8) is 0 Å². The number of ether oxygens (including phenoxy) is 6. The number of hydrogen-bond acceptors (Lipinski definition) is 18. The van der Waals surface area contributed by atoms with Gasteiger partial charge in [0.15, 0.2) is 0 Å². The highest BCUT2D eigenvalue weighted by Gasteiger charge is 2.36. The van der Waals surface area contributed by atoms with Gasteiger partial charge in [0.2, 0.25) is 20.0 Å². The molecule has 2 aliphatic heterocycles. The average Bonchev–Trinajstić information content (AvgIpc) is 4.15.